The molecule has 0 radical (unpaired) electrons. The highest BCUT2D eigenvalue weighted by molar-refractivity contribution is 7.86. The van der Waals surface area contributed by atoms with Crippen LogP contribution in [0, 0.1) is 0 Å². The summed E-state index contributed by atoms with van der Waals surface area (Å²) in [4.78, 5) is 9.94. The smallest absolute Gasteiger partial charge is 0.265 e. The third-order valence-corrected chi connectivity index (χ3v) is 1.28. The summed E-state index contributed by atoms with van der Waals surface area (Å²) in [6.45, 7) is -0.128. The molecule has 0 aromatic rings. The Balaban J connectivity index is 4.00. The topological polar surface area (TPSA) is 86.5 Å². The molecule has 1 atom stereocenters. The fraction of sp³-hybridized carbons (Fsp3) is 0.750. The van der Waals surface area contributed by atoms with Gasteiger partial charge in [0.05, 0.1) is 6.26 Å². The van der Waals surface area contributed by atoms with E-state index in [0.717, 1.165) is 6.26 Å². The highest BCUT2D eigenvalue weighted by atomic mass is 32.2. The minimum Gasteiger partial charge on any atom is -0.328 e. The van der Waals surface area contributed by atoms with Crippen molar-refractivity contribution in [1.29, 1.82) is 0 Å². The van der Waals surface area contributed by atoms with E-state index in [1.54, 1.807) is 0 Å². The van der Waals surface area contributed by atoms with Crippen LogP contribution in [0.25, 0.3) is 0 Å². The lowest BCUT2D eigenvalue weighted by molar-refractivity contribution is -0.113. The van der Waals surface area contributed by atoms with Crippen LogP contribution >= 0.6 is 0 Å². The number of hydrogen-bond acceptors (Lipinski definition) is 5. The molecular formula is C4H9NO4S. The summed E-state index contributed by atoms with van der Waals surface area (Å²) in [5, 5.41) is 0. The Labute approximate surface area is 59.3 Å². The van der Waals surface area contributed by atoms with Crippen molar-refractivity contribution in [3.05, 3.63) is 0 Å². The van der Waals surface area contributed by atoms with Crippen molar-refractivity contribution in [3.8, 4) is 0 Å². The number of rotatable bonds is 4. The lowest BCUT2D eigenvalue weighted by atomic mass is 10.4. The average molecular weight is 167 g/mol. The van der Waals surface area contributed by atoms with Crippen LogP contribution in [0.3, 0.4) is 0 Å². The zero-order chi connectivity index (χ0) is 8.20. The summed E-state index contributed by atoms with van der Waals surface area (Å²) in [5.74, 6) is 0. The van der Waals surface area contributed by atoms with Crippen molar-refractivity contribution in [2.24, 2.45) is 5.73 Å². The lowest BCUT2D eigenvalue weighted by Crippen LogP contribution is -2.27. The van der Waals surface area contributed by atoms with Gasteiger partial charge in [-0.1, -0.05) is 0 Å². The SMILES string of the molecule is CS(=O)(=O)OC(C=O)CN. The fourth-order valence-electron chi connectivity index (χ4n) is 0.342. The van der Waals surface area contributed by atoms with Crippen LogP contribution in [0.4, 0.5) is 0 Å². The maximum Gasteiger partial charge on any atom is 0.265 e. The summed E-state index contributed by atoms with van der Waals surface area (Å²) >= 11 is 0. The second-order valence-electron chi connectivity index (χ2n) is 1.71. The van der Waals surface area contributed by atoms with E-state index in [2.05, 4.69) is 4.18 Å². The Morgan fingerprint density at radius 1 is 1.70 bits per heavy atom. The number of carbonyl (C=O) groups is 1. The van der Waals surface area contributed by atoms with Crippen LogP contribution in [0.1, 0.15) is 0 Å². The molecule has 0 aliphatic carbocycles. The molecule has 0 spiro atoms. The van der Waals surface area contributed by atoms with Crippen molar-refractivity contribution in [1.82, 2.24) is 0 Å². The molecule has 60 valence electrons. The van der Waals surface area contributed by atoms with E-state index in [1.807, 2.05) is 0 Å². The molecule has 0 fully saturated rings. The van der Waals surface area contributed by atoms with Gasteiger partial charge < -0.3 is 10.5 Å². The van der Waals surface area contributed by atoms with Crippen molar-refractivity contribution in [2.75, 3.05) is 12.8 Å². The molecule has 1 unspecified atom stereocenters. The molecule has 0 heterocycles. The minimum absolute atomic E-state index is 0.128. The zero-order valence-electron chi connectivity index (χ0n) is 5.48. The van der Waals surface area contributed by atoms with E-state index in [0.29, 0.717) is 6.29 Å². The predicted octanol–water partition coefficient (Wildman–Crippen LogP) is -1.51. The molecule has 0 bridgehead atoms. The molecule has 0 rings (SSSR count). The van der Waals surface area contributed by atoms with Crippen LogP contribution in [0.2, 0.25) is 0 Å². The molecule has 2 N–H and O–H groups in total. The van der Waals surface area contributed by atoms with Gasteiger partial charge in [-0.15, -0.1) is 0 Å². The highest BCUT2D eigenvalue weighted by Crippen LogP contribution is 1.91. The molecule has 0 saturated carbocycles. The first kappa shape index (κ1) is 9.54. The maximum atomic E-state index is 10.3. The summed E-state index contributed by atoms with van der Waals surface area (Å²) in [6, 6.07) is 0. The van der Waals surface area contributed by atoms with Crippen molar-refractivity contribution < 1.29 is 17.4 Å². The minimum atomic E-state index is -3.56. The number of nitrogens with two attached hydrogens (primary N) is 1. The summed E-state index contributed by atoms with van der Waals surface area (Å²) in [5.41, 5.74) is 4.97. The molecule has 6 heteroatoms. The molecule has 0 aromatic heterocycles. The summed E-state index contributed by atoms with van der Waals surface area (Å²) in [7, 11) is -3.56. The Kier molecular flexibility index (Phi) is 3.48. The first-order valence-electron chi connectivity index (χ1n) is 2.53. The van der Waals surface area contributed by atoms with Gasteiger partial charge in [0.1, 0.15) is 6.10 Å². The predicted molar refractivity (Wildman–Crippen MR) is 34.8 cm³/mol. The Hall–Kier alpha value is -0.460. The first-order valence-corrected chi connectivity index (χ1v) is 4.35. The third kappa shape index (κ3) is 4.42. The number of hydrogen-bond donors (Lipinski definition) is 1. The maximum absolute atomic E-state index is 10.3. The summed E-state index contributed by atoms with van der Waals surface area (Å²) < 4.78 is 24.9. The van der Waals surface area contributed by atoms with E-state index >= 15 is 0 Å². The second-order valence-corrected chi connectivity index (χ2v) is 3.31. The van der Waals surface area contributed by atoms with Crippen LogP contribution in [-0.2, 0) is 19.1 Å². The van der Waals surface area contributed by atoms with Gasteiger partial charge in [0.25, 0.3) is 10.1 Å². The molecule has 0 aliphatic rings. The van der Waals surface area contributed by atoms with Crippen LogP contribution in [0.15, 0.2) is 0 Å². The van der Waals surface area contributed by atoms with Crippen LogP contribution in [-0.4, -0.2) is 33.6 Å². The van der Waals surface area contributed by atoms with Gasteiger partial charge in [-0.2, -0.15) is 8.42 Å². The first-order chi connectivity index (χ1) is 4.49. The molecule has 0 amide bonds. The highest BCUT2D eigenvalue weighted by Gasteiger charge is 2.11. The Morgan fingerprint density at radius 2 is 2.20 bits per heavy atom. The normalized spacial score (nSPS) is 14.6. The second kappa shape index (κ2) is 3.65. The van der Waals surface area contributed by atoms with E-state index in [1.165, 1.54) is 0 Å². The molecule has 0 aliphatic heterocycles. The summed E-state index contributed by atoms with van der Waals surface area (Å²) in [6.07, 6.45) is 0.162. The van der Waals surface area contributed by atoms with Crippen LogP contribution < -0.4 is 5.73 Å². The zero-order valence-corrected chi connectivity index (χ0v) is 6.30. The van der Waals surface area contributed by atoms with Crippen molar-refractivity contribution in [3.63, 3.8) is 0 Å². The van der Waals surface area contributed by atoms with Gasteiger partial charge in [-0.3, -0.25) is 4.18 Å². The monoisotopic (exact) mass is 167 g/mol. The van der Waals surface area contributed by atoms with E-state index in [9.17, 15) is 13.2 Å². The molecular weight excluding hydrogens is 158 g/mol. The molecule has 5 nitrogen and oxygen atoms in total. The van der Waals surface area contributed by atoms with Gasteiger partial charge in [0, 0.05) is 6.54 Å². The standard InChI is InChI=1S/C4H9NO4S/c1-10(7,8)9-4(2-5)3-6/h3-4H,2,5H2,1H3. The Morgan fingerprint density at radius 3 is 2.30 bits per heavy atom. The van der Waals surface area contributed by atoms with E-state index in [-0.39, 0.29) is 6.54 Å². The van der Waals surface area contributed by atoms with Gasteiger partial charge in [-0.05, 0) is 0 Å². The van der Waals surface area contributed by atoms with Crippen molar-refractivity contribution in [2.45, 2.75) is 6.10 Å². The lowest BCUT2D eigenvalue weighted by Gasteiger charge is -2.04. The molecule has 0 aromatic carbocycles. The molecule has 0 saturated heterocycles. The number of carbonyl (C=O) groups excluding carboxylic acids is 1. The third-order valence-electron chi connectivity index (χ3n) is 0.682. The van der Waals surface area contributed by atoms with Crippen LogP contribution in [0.5, 0.6) is 0 Å². The fourth-order valence-corrected chi connectivity index (χ4v) is 0.915. The number of aldehydes is 1. The van der Waals surface area contributed by atoms with Gasteiger partial charge >= 0.3 is 0 Å². The van der Waals surface area contributed by atoms with E-state index in [4.69, 9.17) is 5.73 Å². The van der Waals surface area contributed by atoms with Gasteiger partial charge in [0.15, 0.2) is 6.29 Å². The van der Waals surface area contributed by atoms with Crippen molar-refractivity contribution >= 4 is 16.4 Å². The van der Waals surface area contributed by atoms with Gasteiger partial charge in [0.2, 0.25) is 0 Å². The largest absolute Gasteiger partial charge is 0.328 e. The van der Waals surface area contributed by atoms with E-state index < -0.39 is 16.2 Å². The Bertz CT molecular complexity index is 197. The average Bonchev–Trinajstić information content (AvgIpc) is 1.81. The molecule has 10 heavy (non-hydrogen) atoms. The van der Waals surface area contributed by atoms with Gasteiger partial charge in [-0.25, -0.2) is 0 Å². The quantitative estimate of drug-likeness (QED) is 0.406.